The van der Waals surface area contributed by atoms with Gasteiger partial charge in [-0.25, -0.2) is 4.98 Å². The molecule has 9 heteroatoms. The van der Waals surface area contributed by atoms with Crippen molar-refractivity contribution >= 4 is 40.2 Å². The fourth-order valence-corrected chi connectivity index (χ4v) is 3.65. The van der Waals surface area contributed by atoms with Gasteiger partial charge in [0.1, 0.15) is 5.75 Å². The molecule has 8 nitrogen and oxygen atoms in total. The lowest BCUT2D eigenvalue weighted by atomic mass is 10.2. The van der Waals surface area contributed by atoms with E-state index in [9.17, 15) is 14.4 Å². The summed E-state index contributed by atoms with van der Waals surface area (Å²) in [5, 5.41) is 3.60. The van der Waals surface area contributed by atoms with E-state index in [1.165, 1.54) is 18.8 Å². The Kier molecular flexibility index (Phi) is 7.08. The number of rotatable bonds is 8. The number of para-hydroxylation sites is 3. The smallest absolute Gasteiger partial charge is 0.307 e. The van der Waals surface area contributed by atoms with E-state index in [0.29, 0.717) is 27.5 Å². The number of carbonyl (C=O) groups is 2. The van der Waals surface area contributed by atoms with E-state index < -0.39 is 5.97 Å². The van der Waals surface area contributed by atoms with Gasteiger partial charge in [0.25, 0.3) is 5.56 Å². The average Bonchev–Trinajstić information content (AvgIpc) is 2.77. The SMILES string of the molecule is COC(=O)CCn1c(SCC(=O)Nc2ccccc2OC)nc2ccccc2c1=O. The lowest BCUT2D eigenvalue weighted by Gasteiger charge is -2.13. The van der Waals surface area contributed by atoms with Gasteiger partial charge in [0.2, 0.25) is 5.91 Å². The zero-order valence-electron chi connectivity index (χ0n) is 16.6. The number of carbonyl (C=O) groups excluding carboxylic acids is 2. The van der Waals surface area contributed by atoms with Crippen molar-refractivity contribution in [3.8, 4) is 5.75 Å². The molecule has 1 N–H and O–H groups in total. The first-order valence-corrected chi connectivity index (χ1v) is 10.1. The van der Waals surface area contributed by atoms with E-state index in [4.69, 9.17) is 4.74 Å². The normalized spacial score (nSPS) is 10.6. The number of benzene rings is 2. The number of amides is 1. The number of thioether (sulfide) groups is 1. The second kappa shape index (κ2) is 9.93. The van der Waals surface area contributed by atoms with Crippen molar-refractivity contribution in [1.82, 2.24) is 9.55 Å². The Balaban J connectivity index is 1.82. The Morgan fingerprint density at radius 2 is 1.83 bits per heavy atom. The summed E-state index contributed by atoms with van der Waals surface area (Å²) in [6, 6.07) is 14.0. The topological polar surface area (TPSA) is 99.5 Å². The summed E-state index contributed by atoms with van der Waals surface area (Å²) >= 11 is 1.12. The number of hydrogen-bond acceptors (Lipinski definition) is 7. The van der Waals surface area contributed by atoms with Crippen LogP contribution in [0.5, 0.6) is 5.75 Å². The zero-order valence-corrected chi connectivity index (χ0v) is 17.4. The first-order chi connectivity index (χ1) is 14.5. The number of nitrogens with one attached hydrogen (secondary N) is 1. The largest absolute Gasteiger partial charge is 0.495 e. The van der Waals surface area contributed by atoms with E-state index in [1.807, 2.05) is 6.07 Å². The second-order valence-electron chi connectivity index (χ2n) is 6.23. The van der Waals surface area contributed by atoms with E-state index in [2.05, 4.69) is 15.0 Å². The van der Waals surface area contributed by atoms with Crippen LogP contribution in [0.15, 0.2) is 58.5 Å². The van der Waals surface area contributed by atoms with Crippen molar-refractivity contribution in [1.29, 1.82) is 0 Å². The predicted octanol–water partition coefficient (Wildman–Crippen LogP) is 2.70. The third-order valence-corrected chi connectivity index (χ3v) is 5.28. The highest BCUT2D eigenvalue weighted by Gasteiger charge is 2.15. The summed E-state index contributed by atoms with van der Waals surface area (Å²) in [5.74, 6) is -0.123. The van der Waals surface area contributed by atoms with Gasteiger partial charge in [-0.1, -0.05) is 36.0 Å². The minimum absolute atomic E-state index is 0.0252. The number of ether oxygens (including phenoxy) is 2. The van der Waals surface area contributed by atoms with Crippen LogP contribution in [0.25, 0.3) is 10.9 Å². The van der Waals surface area contributed by atoms with Crippen molar-refractivity contribution in [2.45, 2.75) is 18.1 Å². The maximum Gasteiger partial charge on any atom is 0.307 e. The lowest BCUT2D eigenvalue weighted by molar-refractivity contribution is -0.140. The summed E-state index contributed by atoms with van der Waals surface area (Å²) in [6.45, 7) is 0.111. The molecule has 0 aliphatic rings. The molecule has 0 saturated carbocycles. The molecule has 0 spiro atoms. The molecular formula is C21H21N3O5S. The monoisotopic (exact) mass is 427 g/mol. The molecule has 0 fully saturated rings. The van der Waals surface area contributed by atoms with Crippen LogP contribution in [-0.2, 0) is 20.9 Å². The van der Waals surface area contributed by atoms with Crippen LogP contribution in [-0.4, -0.2) is 41.4 Å². The predicted molar refractivity (Wildman–Crippen MR) is 115 cm³/mol. The van der Waals surface area contributed by atoms with Crippen LogP contribution in [0.1, 0.15) is 6.42 Å². The molecule has 0 aliphatic heterocycles. The molecule has 1 aromatic heterocycles. The van der Waals surface area contributed by atoms with Crippen LogP contribution < -0.4 is 15.6 Å². The Morgan fingerprint density at radius 3 is 2.60 bits per heavy atom. The number of esters is 1. The van der Waals surface area contributed by atoms with Gasteiger partial charge in [-0.2, -0.15) is 0 Å². The number of hydrogen-bond donors (Lipinski definition) is 1. The first-order valence-electron chi connectivity index (χ1n) is 9.15. The molecule has 0 bridgehead atoms. The van der Waals surface area contributed by atoms with Gasteiger partial charge >= 0.3 is 5.97 Å². The maximum absolute atomic E-state index is 12.9. The molecule has 0 aliphatic carbocycles. The third-order valence-electron chi connectivity index (χ3n) is 4.31. The van der Waals surface area contributed by atoms with Crippen LogP contribution in [0.2, 0.25) is 0 Å². The fourth-order valence-electron chi connectivity index (χ4n) is 2.82. The standard InChI is InChI=1S/C21H21N3O5S/c1-28-17-10-6-5-9-16(17)22-18(25)13-30-21-23-15-8-4-3-7-14(15)20(27)24(21)12-11-19(26)29-2/h3-10H,11-13H2,1-2H3,(H,22,25). The highest BCUT2D eigenvalue weighted by Crippen LogP contribution is 2.24. The summed E-state index contributed by atoms with van der Waals surface area (Å²) in [7, 11) is 2.82. The molecule has 0 radical (unpaired) electrons. The van der Waals surface area contributed by atoms with Crippen LogP contribution in [0.4, 0.5) is 5.69 Å². The van der Waals surface area contributed by atoms with Gasteiger partial charge in [0.15, 0.2) is 5.16 Å². The van der Waals surface area contributed by atoms with E-state index in [0.717, 1.165) is 11.8 Å². The minimum atomic E-state index is -0.431. The van der Waals surface area contributed by atoms with Gasteiger partial charge in [-0.05, 0) is 24.3 Å². The summed E-state index contributed by atoms with van der Waals surface area (Å²) in [5.41, 5.74) is 0.821. The minimum Gasteiger partial charge on any atom is -0.495 e. The van der Waals surface area contributed by atoms with Crippen molar-refractivity contribution in [3.05, 3.63) is 58.9 Å². The molecular weight excluding hydrogens is 406 g/mol. The van der Waals surface area contributed by atoms with Crippen molar-refractivity contribution < 1.29 is 19.1 Å². The number of methoxy groups -OCH3 is 2. The lowest BCUT2D eigenvalue weighted by Crippen LogP contribution is -2.25. The van der Waals surface area contributed by atoms with Crippen LogP contribution in [0, 0.1) is 0 Å². The molecule has 1 amide bonds. The quantitative estimate of drug-likeness (QED) is 0.335. The molecule has 30 heavy (non-hydrogen) atoms. The number of nitrogens with zero attached hydrogens (tertiary/aromatic N) is 2. The Hall–Kier alpha value is -3.33. The Labute approximate surface area is 177 Å². The van der Waals surface area contributed by atoms with Crippen molar-refractivity contribution in [2.75, 3.05) is 25.3 Å². The second-order valence-corrected chi connectivity index (χ2v) is 7.17. The first kappa shape index (κ1) is 21.4. The molecule has 0 saturated heterocycles. The van der Waals surface area contributed by atoms with Crippen molar-refractivity contribution in [2.24, 2.45) is 0 Å². The van der Waals surface area contributed by atoms with E-state index >= 15 is 0 Å². The Morgan fingerprint density at radius 1 is 1.10 bits per heavy atom. The fraction of sp³-hybridized carbons (Fsp3) is 0.238. The molecule has 0 unspecified atom stereocenters. The molecule has 3 rings (SSSR count). The van der Waals surface area contributed by atoms with Gasteiger partial charge < -0.3 is 14.8 Å². The molecule has 1 heterocycles. The molecule has 156 valence electrons. The Bertz CT molecular complexity index is 1130. The van der Waals surface area contributed by atoms with Crippen LogP contribution >= 0.6 is 11.8 Å². The highest BCUT2D eigenvalue weighted by molar-refractivity contribution is 7.99. The molecule has 3 aromatic rings. The summed E-state index contributed by atoms with van der Waals surface area (Å²) in [4.78, 5) is 41.4. The van der Waals surface area contributed by atoms with Gasteiger partial charge in [-0.15, -0.1) is 0 Å². The van der Waals surface area contributed by atoms with Gasteiger partial charge in [-0.3, -0.25) is 19.0 Å². The molecule has 2 aromatic carbocycles. The third kappa shape index (κ3) is 4.98. The van der Waals surface area contributed by atoms with Gasteiger partial charge in [0.05, 0.1) is 43.0 Å². The zero-order chi connectivity index (χ0) is 21.5. The summed E-state index contributed by atoms with van der Waals surface area (Å²) < 4.78 is 11.3. The van der Waals surface area contributed by atoms with Crippen molar-refractivity contribution in [3.63, 3.8) is 0 Å². The molecule has 0 atom stereocenters. The van der Waals surface area contributed by atoms with E-state index in [-0.39, 0.29) is 30.2 Å². The van der Waals surface area contributed by atoms with E-state index in [1.54, 1.807) is 42.5 Å². The average molecular weight is 427 g/mol. The maximum atomic E-state index is 12.9. The number of fused-ring (bicyclic) bond motifs is 1. The number of aromatic nitrogens is 2. The van der Waals surface area contributed by atoms with Gasteiger partial charge in [0, 0.05) is 6.54 Å². The number of anilines is 1. The summed E-state index contributed by atoms with van der Waals surface area (Å²) in [6.07, 6.45) is 0.0252. The highest BCUT2D eigenvalue weighted by atomic mass is 32.2. The van der Waals surface area contributed by atoms with Crippen LogP contribution in [0.3, 0.4) is 0 Å².